The fraction of sp³-hybridized carbons (Fsp3) is 0.528. The molecule has 0 aliphatic carbocycles. The van der Waals surface area contributed by atoms with Crippen molar-refractivity contribution in [3.63, 3.8) is 0 Å². The molecule has 5 fully saturated rings. The highest BCUT2D eigenvalue weighted by Gasteiger charge is 2.47. The van der Waals surface area contributed by atoms with Crippen LogP contribution >= 0.6 is 0 Å². The smallest absolute Gasteiger partial charge is 0.185 e. The van der Waals surface area contributed by atoms with Crippen molar-refractivity contribution in [3.8, 4) is 0 Å². The predicted molar refractivity (Wildman–Crippen MR) is 251 cm³/mol. The van der Waals surface area contributed by atoms with Gasteiger partial charge in [0.15, 0.2) is 5.43 Å². The molecule has 8 unspecified atom stereocenters. The van der Waals surface area contributed by atoms with Crippen molar-refractivity contribution in [3.05, 3.63) is 142 Å². The third kappa shape index (κ3) is 15.4. The predicted octanol–water partition coefficient (Wildman–Crippen LogP) is 7.56. The fourth-order valence-corrected chi connectivity index (χ4v) is 9.50. The van der Waals surface area contributed by atoms with E-state index in [1.807, 2.05) is 64.1 Å². The second kappa shape index (κ2) is 24.8. The van der Waals surface area contributed by atoms with Crippen LogP contribution in [0.3, 0.4) is 0 Å². The minimum absolute atomic E-state index is 0.0104. The van der Waals surface area contributed by atoms with E-state index >= 15 is 0 Å². The van der Waals surface area contributed by atoms with Crippen LogP contribution in [0.4, 0.5) is 0 Å². The van der Waals surface area contributed by atoms with Gasteiger partial charge in [0, 0.05) is 82.6 Å². The molecular weight excluding hydrogens is 807 g/mol. The number of nitrogens with zero attached hydrogens (tertiary/aromatic N) is 2. The quantitative estimate of drug-likeness (QED) is 0.205. The standard InChI is InChI=1S/C16H23NO2.C16H21NO2.C7H9N.C7H12O2.C7H8O2/c2*1-11-14-9-17(8-13-6-4-3-5-7-13)10-15(16(14)18)12(2)19-11;8-6-7-4-2-1-3-5-7;2*1-5-3-7(8)4-6(2)9-5/h3-7,11-12,14-16,18H,8-10H2,1-2H3;3-7,11-12,14-15H,8-10H2,1-2H3;1-5H,6,8H2;5-6H,3-4H2,1-2H3;3-4H,1-2H3/t;;;5-,6+;. The Morgan fingerprint density at radius 3 is 1.33 bits per heavy atom. The Morgan fingerprint density at radius 2 is 0.953 bits per heavy atom. The van der Waals surface area contributed by atoms with E-state index in [9.17, 15) is 19.5 Å². The first-order chi connectivity index (χ1) is 30.6. The lowest BCUT2D eigenvalue weighted by Gasteiger charge is -2.50. The van der Waals surface area contributed by atoms with E-state index in [4.69, 9.17) is 24.4 Å². The maximum absolute atomic E-state index is 12.3. The fourth-order valence-electron chi connectivity index (χ4n) is 9.50. The largest absolute Gasteiger partial charge is 0.466 e. The molecule has 4 bridgehead atoms. The minimum atomic E-state index is -0.203. The van der Waals surface area contributed by atoms with Crippen LogP contribution in [0.2, 0.25) is 0 Å². The van der Waals surface area contributed by atoms with Gasteiger partial charge >= 0.3 is 0 Å². The van der Waals surface area contributed by atoms with Gasteiger partial charge in [-0.1, -0.05) is 91.0 Å². The van der Waals surface area contributed by atoms with Gasteiger partial charge in [0.1, 0.15) is 23.1 Å². The van der Waals surface area contributed by atoms with E-state index in [1.54, 1.807) is 13.8 Å². The summed E-state index contributed by atoms with van der Waals surface area (Å²) < 4.78 is 22.2. The number of Topliss-reactive ketones (excluding diaryl/α,β-unsaturated/α-hetero) is 2. The molecular formula is C53H73N3O8. The average molecular weight is 880 g/mol. The van der Waals surface area contributed by atoms with Crippen molar-refractivity contribution in [1.82, 2.24) is 9.80 Å². The molecule has 5 aliphatic rings. The summed E-state index contributed by atoms with van der Waals surface area (Å²) in [6, 6.07) is 34.0. The van der Waals surface area contributed by atoms with Crippen molar-refractivity contribution in [2.75, 3.05) is 26.2 Å². The number of fused-ring (bicyclic) bond motifs is 4. The Labute approximate surface area is 381 Å². The molecule has 11 nitrogen and oxygen atoms in total. The van der Waals surface area contributed by atoms with Crippen LogP contribution in [0.15, 0.2) is 112 Å². The number of piperidine rings is 2. The van der Waals surface area contributed by atoms with Crippen LogP contribution in [0.25, 0.3) is 0 Å². The molecule has 64 heavy (non-hydrogen) atoms. The number of ether oxygens (including phenoxy) is 3. The number of ketones is 2. The zero-order valence-corrected chi connectivity index (χ0v) is 39.3. The topological polar surface area (TPSA) is 145 Å². The van der Waals surface area contributed by atoms with Crippen molar-refractivity contribution in [2.45, 2.75) is 131 Å². The first kappa shape index (κ1) is 50.7. The second-order valence-corrected chi connectivity index (χ2v) is 18.3. The Kier molecular flexibility index (Phi) is 19.6. The van der Waals surface area contributed by atoms with Gasteiger partial charge in [-0.2, -0.15) is 0 Å². The summed E-state index contributed by atoms with van der Waals surface area (Å²) in [6.45, 7) is 21.7. The molecule has 0 saturated carbocycles. The maximum Gasteiger partial charge on any atom is 0.185 e. The number of hydrogen-bond donors (Lipinski definition) is 2. The summed E-state index contributed by atoms with van der Waals surface area (Å²) in [5, 5.41) is 10.4. The van der Waals surface area contributed by atoms with Gasteiger partial charge in [0.05, 0.1) is 54.6 Å². The summed E-state index contributed by atoms with van der Waals surface area (Å²) in [7, 11) is 0. The molecule has 348 valence electrons. The number of carbonyl (C=O) groups is 2. The van der Waals surface area contributed by atoms with Crippen LogP contribution in [0, 0.1) is 37.5 Å². The molecule has 3 aromatic carbocycles. The number of aryl methyl sites for hydroxylation is 2. The number of benzene rings is 3. The van der Waals surface area contributed by atoms with Gasteiger partial charge in [-0.3, -0.25) is 24.2 Å². The summed E-state index contributed by atoms with van der Waals surface area (Å²) in [5.41, 5.74) is 9.21. The van der Waals surface area contributed by atoms with Gasteiger partial charge < -0.3 is 29.5 Å². The van der Waals surface area contributed by atoms with E-state index in [0.717, 1.165) is 39.3 Å². The van der Waals surface area contributed by atoms with Crippen molar-refractivity contribution >= 4 is 11.6 Å². The van der Waals surface area contributed by atoms with E-state index in [2.05, 4.69) is 78.2 Å². The van der Waals surface area contributed by atoms with Crippen LogP contribution in [-0.4, -0.2) is 95.4 Å². The van der Waals surface area contributed by atoms with Crippen LogP contribution in [0.1, 0.15) is 82.6 Å². The molecule has 0 spiro atoms. The third-order valence-electron chi connectivity index (χ3n) is 12.7. The van der Waals surface area contributed by atoms with Gasteiger partial charge in [0.25, 0.3) is 0 Å². The van der Waals surface area contributed by atoms with E-state index < -0.39 is 0 Å². The number of hydrogen-bond acceptors (Lipinski definition) is 11. The van der Waals surface area contributed by atoms with Gasteiger partial charge in [-0.15, -0.1) is 0 Å². The number of nitrogens with two attached hydrogens (primary N) is 1. The molecule has 0 amide bonds. The summed E-state index contributed by atoms with van der Waals surface area (Å²) in [6.07, 6.45) is 1.69. The molecule has 5 saturated heterocycles. The number of aliphatic hydroxyl groups is 1. The highest BCUT2D eigenvalue weighted by Crippen LogP contribution is 2.36. The number of aliphatic hydroxyl groups excluding tert-OH is 1. The molecule has 1 aromatic heterocycles. The molecule has 10 atom stereocenters. The second-order valence-electron chi connectivity index (χ2n) is 18.3. The summed E-state index contributed by atoms with van der Waals surface area (Å²) >= 11 is 0. The number of carbonyl (C=O) groups excluding carboxylic acids is 2. The monoisotopic (exact) mass is 880 g/mol. The van der Waals surface area contributed by atoms with Crippen molar-refractivity contribution in [1.29, 1.82) is 0 Å². The SMILES string of the molecule is CC1OC(C)C2CN(Cc3ccccc3)CC1C2=O.CC1OC(C)C2CN(Cc3ccccc3)CC1C2O.C[C@@H]1CC(=O)C[C@H](C)O1.Cc1cc(=O)cc(C)o1.NCc1ccccc1. The van der Waals surface area contributed by atoms with Crippen LogP contribution in [-0.2, 0) is 43.4 Å². The molecule has 9 rings (SSSR count). The van der Waals surface area contributed by atoms with Gasteiger partial charge in [0.2, 0.25) is 0 Å². The minimum Gasteiger partial charge on any atom is -0.466 e. The van der Waals surface area contributed by atoms with Crippen LogP contribution in [0.5, 0.6) is 0 Å². The highest BCUT2D eigenvalue weighted by molar-refractivity contribution is 5.86. The Morgan fingerprint density at radius 1 is 0.562 bits per heavy atom. The lowest BCUT2D eigenvalue weighted by Crippen LogP contribution is -2.60. The Bertz CT molecular complexity index is 1990. The van der Waals surface area contributed by atoms with E-state index in [0.29, 0.717) is 42.5 Å². The van der Waals surface area contributed by atoms with E-state index in [-0.39, 0.29) is 71.8 Å². The first-order valence-corrected chi connectivity index (χ1v) is 23.1. The highest BCUT2D eigenvalue weighted by atomic mass is 16.5. The molecule has 4 aromatic rings. The molecule has 6 heterocycles. The first-order valence-electron chi connectivity index (χ1n) is 23.1. The normalized spacial score (nSPS) is 29.8. The molecule has 11 heteroatoms. The van der Waals surface area contributed by atoms with Gasteiger partial charge in [-0.05, 0) is 72.1 Å². The molecule has 5 aliphatic heterocycles. The molecule has 0 radical (unpaired) electrons. The zero-order chi connectivity index (χ0) is 46.3. The Balaban J connectivity index is 0.000000159. The van der Waals surface area contributed by atoms with E-state index in [1.165, 1.54) is 28.8 Å². The maximum atomic E-state index is 12.3. The van der Waals surface area contributed by atoms with Crippen molar-refractivity contribution < 1.29 is 33.3 Å². The molecule has 3 N–H and O–H groups in total. The number of rotatable bonds is 5. The summed E-state index contributed by atoms with van der Waals surface area (Å²) in [5.74, 6) is 2.69. The van der Waals surface area contributed by atoms with Crippen LogP contribution < -0.4 is 11.2 Å². The Hall–Kier alpha value is -4.33. The number of likely N-dealkylation sites (tertiary alicyclic amines) is 2. The lowest BCUT2D eigenvalue weighted by atomic mass is 9.77. The zero-order valence-electron chi connectivity index (χ0n) is 39.3. The third-order valence-corrected chi connectivity index (χ3v) is 12.7. The average Bonchev–Trinajstić information content (AvgIpc) is 3.24. The summed E-state index contributed by atoms with van der Waals surface area (Å²) in [4.78, 5) is 38.6. The lowest BCUT2D eigenvalue weighted by molar-refractivity contribution is -0.192. The van der Waals surface area contributed by atoms with Crippen molar-refractivity contribution in [2.24, 2.45) is 29.4 Å². The van der Waals surface area contributed by atoms with Gasteiger partial charge in [-0.25, -0.2) is 0 Å².